The fraction of sp³-hybridized carbons (Fsp3) is 0.333. The molecule has 2 nitrogen and oxygen atoms in total. The Hall–Kier alpha value is -2.48. The molecular formula is C24H28N2. The second-order valence-electron chi connectivity index (χ2n) is 7.57. The second kappa shape index (κ2) is 7.41. The molecule has 0 aromatic heterocycles. The van der Waals surface area contributed by atoms with Crippen molar-refractivity contribution in [1.29, 1.82) is 0 Å². The van der Waals surface area contributed by atoms with E-state index in [-0.39, 0.29) is 0 Å². The van der Waals surface area contributed by atoms with Gasteiger partial charge in [0.2, 0.25) is 11.4 Å². The van der Waals surface area contributed by atoms with Gasteiger partial charge in [0.1, 0.15) is 0 Å². The topological polar surface area (TPSA) is 25.3 Å². The SMILES string of the molecule is CCCCC1=C(c2cc(C)cc(C)c2)[N+](=[N-])C(c2cc(C)cc(C)c2)=C1. The first-order valence-electron chi connectivity index (χ1n) is 9.50. The van der Waals surface area contributed by atoms with E-state index in [9.17, 15) is 5.53 Å². The molecule has 0 amide bonds. The molecule has 2 heteroatoms. The Balaban J connectivity index is 2.09. The summed E-state index contributed by atoms with van der Waals surface area (Å²) in [4.78, 5) is 0. The van der Waals surface area contributed by atoms with Crippen LogP contribution in [-0.2, 0) is 0 Å². The van der Waals surface area contributed by atoms with Crippen LogP contribution in [0, 0.1) is 27.7 Å². The molecule has 134 valence electrons. The molecule has 2 aromatic carbocycles. The van der Waals surface area contributed by atoms with E-state index in [0.717, 1.165) is 41.8 Å². The van der Waals surface area contributed by atoms with E-state index in [1.807, 2.05) is 0 Å². The van der Waals surface area contributed by atoms with Crippen molar-refractivity contribution in [2.45, 2.75) is 53.9 Å². The molecule has 0 bridgehead atoms. The second-order valence-corrected chi connectivity index (χ2v) is 7.57. The smallest absolute Gasteiger partial charge is 0.210 e. The molecule has 1 heterocycles. The molecule has 3 rings (SSSR count). The van der Waals surface area contributed by atoms with Gasteiger partial charge in [-0.3, -0.25) is 0 Å². The summed E-state index contributed by atoms with van der Waals surface area (Å²) in [6.45, 7) is 10.6. The number of benzene rings is 2. The van der Waals surface area contributed by atoms with Crippen LogP contribution >= 0.6 is 0 Å². The fourth-order valence-corrected chi connectivity index (χ4v) is 3.86. The van der Waals surface area contributed by atoms with Gasteiger partial charge >= 0.3 is 0 Å². The number of nitrogens with zero attached hydrogens (tertiary/aromatic N) is 2. The molecule has 0 radical (unpaired) electrons. The van der Waals surface area contributed by atoms with Crippen molar-refractivity contribution >= 4 is 11.4 Å². The molecule has 1 aliphatic rings. The van der Waals surface area contributed by atoms with E-state index in [4.69, 9.17) is 0 Å². The first kappa shape index (κ1) is 18.3. The minimum atomic E-state index is 0.872. The van der Waals surface area contributed by atoms with Crippen LogP contribution in [0.3, 0.4) is 0 Å². The van der Waals surface area contributed by atoms with Gasteiger partial charge in [-0.1, -0.05) is 47.7 Å². The van der Waals surface area contributed by atoms with Crippen LogP contribution in [0.1, 0.15) is 59.6 Å². The van der Waals surface area contributed by atoms with Crippen molar-refractivity contribution in [3.63, 3.8) is 0 Å². The molecule has 0 N–H and O–H groups in total. The maximum atomic E-state index is 11.1. The third-order valence-electron chi connectivity index (χ3n) is 4.87. The lowest BCUT2D eigenvalue weighted by Gasteiger charge is -2.12. The van der Waals surface area contributed by atoms with Crippen molar-refractivity contribution in [1.82, 2.24) is 0 Å². The predicted molar refractivity (Wildman–Crippen MR) is 110 cm³/mol. The van der Waals surface area contributed by atoms with Gasteiger partial charge in [-0.15, -0.1) is 0 Å². The highest BCUT2D eigenvalue weighted by molar-refractivity contribution is 5.79. The molecular weight excluding hydrogens is 316 g/mol. The number of aryl methyl sites for hydroxylation is 4. The van der Waals surface area contributed by atoms with E-state index in [2.05, 4.69) is 77.1 Å². The van der Waals surface area contributed by atoms with Crippen LogP contribution < -0.4 is 0 Å². The molecule has 0 atom stereocenters. The summed E-state index contributed by atoms with van der Waals surface area (Å²) >= 11 is 0. The molecule has 0 fully saturated rings. The zero-order valence-electron chi connectivity index (χ0n) is 16.6. The summed E-state index contributed by atoms with van der Waals surface area (Å²) in [7, 11) is 0. The minimum Gasteiger partial charge on any atom is -0.493 e. The van der Waals surface area contributed by atoms with Crippen molar-refractivity contribution in [2.75, 3.05) is 0 Å². The lowest BCUT2D eigenvalue weighted by molar-refractivity contribution is -0.344. The van der Waals surface area contributed by atoms with E-state index >= 15 is 0 Å². The highest BCUT2D eigenvalue weighted by Gasteiger charge is 2.29. The standard InChI is InChI=1S/C24H28N2/c1-6-7-8-20-15-23(21-11-16(2)9-17(3)12-21)26(25)24(20)22-13-18(4)10-19(5)14-22/h9-15H,6-8H2,1-5H3. The third kappa shape index (κ3) is 3.70. The van der Waals surface area contributed by atoms with Crippen LogP contribution in [-0.4, -0.2) is 4.70 Å². The number of allylic oxidation sites excluding steroid dienone is 2. The van der Waals surface area contributed by atoms with Gasteiger partial charge in [-0.2, -0.15) is 0 Å². The Bertz CT molecular complexity index is 889. The Morgan fingerprint density at radius 2 is 1.27 bits per heavy atom. The first-order valence-corrected chi connectivity index (χ1v) is 9.50. The highest BCUT2D eigenvalue weighted by Crippen LogP contribution is 2.38. The summed E-state index contributed by atoms with van der Waals surface area (Å²) in [5.74, 6) is 0. The van der Waals surface area contributed by atoms with E-state index in [0.29, 0.717) is 0 Å². The van der Waals surface area contributed by atoms with Gasteiger partial charge in [-0.25, -0.2) is 4.70 Å². The van der Waals surface area contributed by atoms with Crippen LogP contribution in [0.5, 0.6) is 0 Å². The van der Waals surface area contributed by atoms with Crippen LogP contribution in [0.2, 0.25) is 0 Å². The van der Waals surface area contributed by atoms with Gasteiger partial charge in [0, 0.05) is 22.8 Å². The first-order chi connectivity index (χ1) is 12.4. The monoisotopic (exact) mass is 344 g/mol. The average Bonchev–Trinajstić information content (AvgIpc) is 2.87. The van der Waals surface area contributed by atoms with Gasteiger partial charge in [0.15, 0.2) is 0 Å². The Morgan fingerprint density at radius 3 is 1.77 bits per heavy atom. The lowest BCUT2D eigenvalue weighted by atomic mass is 10.00. The fourth-order valence-electron chi connectivity index (χ4n) is 3.86. The summed E-state index contributed by atoms with van der Waals surface area (Å²) in [5.41, 5.74) is 21.1. The summed E-state index contributed by atoms with van der Waals surface area (Å²) in [6.07, 6.45) is 5.40. The largest absolute Gasteiger partial charge is 0.493 e. The molecule has 26 heavy (non-hydrogen) atoms. The van der Waals surface area contributed by atoms with Gasteiger partial charge in [0.05, 0.1) is 0 Å². The molecule has 2 aromatic rings. The molecule has 0 unspecified atom stereocenters. The Labute approximate surface area is 157 Å². The van der Waals surface area contributed by atoms with E-state index in [1.165, 1.54) is 32.5 Å². The Morgan fingerprint density at radius 1 is 0.769 bits per heavy atom. The highest BCUT2D eigenvalue weighted by atomic mass is 15.2. The van der Waals surface area contributed by atoms with E-state index < -0.39 is 0 Å². The predicted octanol–water partition coefficient (Wildman–Crippen LogP) is 6.91. The Kier molecular flexibility index (Phi) is 5.22. The quantitative estimate of drug-likeness (QED) is 0.527. The van der Waals surface area contributed by atoms with Gasteiger partial charge in [-0.05, 0) is 64.8 Å². The summed E-state index contributed by atoms with van der Waals surface area (Å²) < 4.78 is 1.40. The van der Waals surface area contributed by atoms with Crippen LogP contribution in [0.25, 0.3) is 16.9 Å². The molecule has 0 saturated heterocycles. The molecule has 0 spiro atoms. The van der Waals surface area contributed by atoms with Crippen LogP contribution in [0.15, 0.2) is 48.0 Å². The maximum absolute atomic E-state index is 11.1. The van der Waals surface area contributed by atoms with Crippen molar-refractivity contribution < 1.29 is 4.70 Å². The molecule has 1 aliphatic heterocycles. The number of rotatable bonds is 5. The van der Waals surface area contributed by atoms with Crippen molar-refractivity contribution in [3.8, 4) is 0 Å². The molecule has 0 aliphatic carbocycles. The van der Waals surface area contributed by atoms with Crippen molar-refractivity contribution in [2.24, 2.45) is 0 Å². The van der Waals surface area contributed by atoms with Crippen molar-refractivity contribution in [3.05, 3.63) is 87.0 Å². The summed E-state index contributed by atoms with van der Waals surface area (Å²) in [5, 5.41) is 0. The van der Waals surface area contributed by atoms with Crippen LogP contribution in [0.4, 0.5) is 0 Å². The summed E-state index contributed by atoms with van der Waals surface area (Å²) in [6, 6.07) is 12.9. The van der Waals surface area contributed by atoms with Gasteiger partial charge < -0.3 is 5.53 Å². The van der Waals surface area contributed by atoms with E-state index in [1.54, 1.807) is 0 Å². The third-order valence-corrected chi connectivity index (χ3v) is 4.87. The number of hydrogen-bond donors (Lipinski definition) is 0. The zero-order chi connectivity index (χ0) is 18.8. The maximum Gasteiger partial charge on any atom is 0.210 e. The number of hydrogen-bond acceptors (Lipinski definition) is 0. The average molecular weight is 345 g/mol. The normalized spacial score (nSPS) is 14.2. The van der Waals surface area contributed by atoms with Gasteiger partial charge in [0.25, 0.3) is 0 Å². The zero-order valence-corrected chi connectivity index (χ0v) is 16.6. The molecule has 0 saturated carbocycles. The number of unbranched alkanes of at least 4 members (excludes halogenated alkanes) is 1. The lowest BCUT2D eigenvalue weighted by Crippen LogP contribution is -2.03. The minimum absolute atomic E-state index is 0.872.